The van der Waals surface area contributed by atoms with Gasteiger partial charge in [0.2, 0.25) is 0 Å². The lowest BCUT2D eigenvalue weighted by molar-refractivity contribution is 0.469. The molecule has 2 aromatic rings. The molecule has 22 heavy (non-hydrogen) atoms. The molecule has 0 unspecified atom stereocenters. The lowest BCUT2D eigenvalue weighted by Crippen LogP contribution is -1.84. The first-order valence-corrected chi connectivity index (χ1v) is 7.28. The van der Waals surface area contributed by atoms with E-state index in [0.29, 0.717) is 11.5 Å². The molecule has 0 bridgehead atoms. The van der Waals surface area contributed by atoms with Gasteiger partial charge in [-0.15, -0.1) is 0 Å². The van der Waals surface area contributed by atoms with Gasteiger partial charge in [0.1, 0.15) is 11.5 Å². The Kier molecular flexibility index (Phi) is 6.46. The number of phenolic OH excluding ortho intramolecular Hbond substituents is 2. The highest BCUT2D eigenvalue weighted by Gasteiger charge is 2.00. The van der Waals surface area contributed by atoms with Gasteiger partial charge in [0.05, 0.1) is 0 Å². The fraction of sp³-hybridized carbons (Fsp3) is 0.200. The van der Waals surface area contributed by atoms with Gasteiger partial charge in [-0.05, 0) is 55.2 Å². The number of allylic oxidation sites excluding steroid dienone is 2. The lowest BCUT2D eigenvalue weighted by atomic mass is 10.0. The minimum atomic E-state index is 0.301. The summed E-state index contributed by atoms with van der Waals surface area (Å²) >= 11 is 0. The smallest absolute Gasteiger partial charge is 0.123 e. The van der Waals surface area contributed by atoms with Crippen LogP contribution in [0.4, 0.5) is 0 Å². The van der Waals surface area contributed by atoms with E-state index in [2.05, 4.69) is 13.2 Å². The summed E-state index contributed by atoms with van der Waals surface area (Å²) in [5.41, 5.74) is 4.82. The van der Waals surface area contributed by atoms with Crippen LogP contribution in [0.3, 0.4) is 0 Å². The van der Waals surface area contributed by atoms with Gasteiger partial charge in [0.15, 0.2) is 0 Å². The van der Waals surface area contributed by atoms with Gasteiger partial charge in [0, 0.05) is 5.56 Å². The molecule has 116 valence electrons. The standard InChI is InChI=1S/C11H14O.C9H10O/c1-4-9-7-10(8(2)3)5-6-11(9)12;1-7(2)8-5-3-4-6-9(8)10/h5-7,12H,2,4H2,1,3H3;3-6,10H,1H2,2H3. The van der Waals surface area contributed by atoms with Gasteiger partial charge in [-0.25, -0.2) is 0 Å². The van der Waals surface area contributed by atoms with Crippen LogP contribution in [-0.2, 0) is 6.42 Å². The normalized spacial score (nSPS) is 9.59. The fourth-order valence-corrected chi connectivity index (χ4v) is 1.97. The third-order valence-corrected chi connectivity index (χ3v) is 3.32. The highest BCUT2D eigenvalue weighted by molar-refractivity contribution is 5.66. The van der Waals surface area contributed by atoms with Crippen molar-refractivity contribution in [2.24, 2.45) is 0 Å². The minimum absolute atomic E-state index is 0.301. The first-order valence-electron chi connectivity index (χ1n) is 7.28. The monoisotopic (exact) mass is 296 g/mol. The maximum Gasteiger partial charge on any atom is 0.123 e. The summed E-state index contributed by atoms with van der Waals surface area (Å²) in [6.07, 6.45) is 0.854. The second-order valence-electron chi connectivity index (χ2n) is 5.27. The minimum Gasteiger partial charge on any atom is -0.508 e. The number of hydrogen-bond donors (Lipinski definition) is 2. The molecular weight excluding hydrogens is 272 g/mol. The maximum atomic E-state index is 9.39. The molecule has 0 saturated heterocycles. The molecule has 0 saturated carbocycles. The number of benzene rings is 2. The average molecular weight is 296 g/mol. The van der Waals surface area contributed by atoms with Crippen molar-refractivity contribution in [3.05, 3.63) is 72.3 Å². The number of aromatic hydroxyl groups is 2. The van der Waals surface area contributed by atoms with Crippen molar-refractivity contribution in [2.75, 3.05) is 0 Å². The van der Waals surface area contributed by atoms with Crippen LogP contribution in [-0.4, -0.2) is 10.2 Å². The molecule has 0 amide bonds. The number of aryl methyl sites for hydroxylation is 1. The zero-order valence-corrected chi connectivity index (χ0v) is 13.6. The van der Waals surface area contributed by atoms with Crippen LogP contribution < -0.4 is 0 Å². The third kappa shape index (κ3) is 4.81. The Balaban J connectivity index is 0.000000224. The van der Waals surface area contributed by atoms with Crippen LogP contribution in [0, 0.1) is 0 Å². The van der Waals surface area contributed by atoms with Crippen LogP contribution in [0.15, 0.2) is 55.6 Å². The highest BCUT2D eigenvalue weighted by atomic mass is 16.3. The van der Waals surface area contributed by atoms with Crippen molar-refractivity contribution in [1.29, 1.82) is 0 Å². The summed E-state index contributed by atoms with van der Waals surface area (Å²) in [7, 11) is 0. The fourth-order valence-electron chi connectivity index (χ4n) is 1.97. The van der Waals surface area contributed by atoms with Crippen LogP contribution in [0.2, 0.25) is 0 Å². The quantitative estimate of drug-likeness (QED) is 0.794. The second kappa shape index (κ2) is 8.08. The Hall–Kier alpha value is -2.48. The maximum absolute atomic E-state index is 9.39. The van der Waals surface area contributed by atoms with Gasteiger partial charge >= 0.3 is 0 Å². The Morgan fingerprint density at radius 3 is 2.00 bits per heavy atom. The Morgan fingerprint density at radius 1 is 0.909 bits per heavy atom. The van der Waals surface area contributed by atoms with Crippen molar-refractivity contribution in [3.63, 3.8) is 0 Å². The van der Waals surface area contributed by atoms with E-state index in [1.807, 2.05) is 45.0 Å². The van der Waals surface area contributed by atoms with Gasteiger partial charge in [0.25, 0.3) is 0 Å². The molecule has 2 rings (SSSR count). The van der Waals surface area contributed by atoms with E-state index in [1.54, 1.807) is 18.2 Å². The molecule has 0 aliphatic rings. The molecule has 0 aliphatic heterocycles. The van der Waals surface area contributed by atoms with E-state index in [1.165, 1.54) is 0 Å². The highest BCUT2D eigenvalue weighted by Crippen LogP contribution is 2.22. The number of para-hydroxylation sites is 1. The van der Waals surface area contributed by atoms with E-state index in [4.69, 9.17) is 0 Å². The first kappa shape index (κ1) is 17.6. The van der Waals surface area contributed by atoms with Gasteiger partial charge in [-0.3, -0.25) is 0 Å². The molecule has 2 nitrogen and oxygen atoms in total. The summed E-state index contributed by atoms with van der Waals surface area (Å²) in [4.78, 5) is 0. The predicted molar refractivity (Wildman–Crippen MR) is 95.0 cm³/mol. The molecule has 0 spiro atoms. The number of rotatable bonds is 3. The molecule has 0 atom stereocenters. The Bertz CT molecular complexity index is 669. The van der Waals surface area contributed by atoms with Gasteiger partial charge in [-0.1, -0.05) is 49.9 Å². The summed E-state index contributed by atoms with van der Waals surface area (Å²) in [6, 6.07) is 12.8. The molecule has 2 heteroatoms. The van der Waals surface area contributed by atoms with Gasteiger partial charge in [-0.2, -0.15) is 0 Å². The summed E-state index contributed by atoms with van der Waals surface area (Å²) in [5.74, 6) is 0.678. The van der Waals surface area contributed by atoms with E-state index in [9.17, 15) is 10.2 Å². The topological polar surface area (TPSA) is 40.5 Å². The molecule has 0 aromatic heterocycles. The van der Waals surface area contributed by atoms with E-state index in [0.717, 1.165) is 34.3 Å². The third-order valence-electron chi connectivity index (χ3n) is 3.32. The number of phenols is 2. The van der Waals surface area contributed by atoms with Crippen molar-refractivity contribution < 1.29 is 10.2 Å². The van der Waals surface area contributed by atoms with Crippen molar-refractivity contribution >= 4 is 11.1 Å². The second-order valence-corrected chi connectivity index (χ2v) is 5.27. The summed E-state index contributed by atoms with van der Waals surface area (Å²) < 4.78 is 0. The molecule has 2 N–H and O–H groups in total. The van der Waals surface area contributed by atoms with E-state index in [-0.39, 0.29) is 0 Å². The summed E-state index contributed by atoms with van der Waals surface area (Å²) in [6.45, 7) is 13.4. The average Bonchev–Trinajstić information content (AvgIpc) is 2.48. The SMILES string of the molecule is C=C(C)c1ccc(O)c(CC)c1.C=C(C)c1ccccc1O. The zero-order chi connectivity index (χ0) is 16.7. The molecule has 0 heterocycles. The van der Waals surface area contributed by atoms with Gasteiger partial charge < -0.3 is 10.2 Å². The van der Waals surface area contributed by atoms with E-state index >= 15 is 0 Å². The van der Waals surface area contributed by atoms with E-state index < -0.39 is 0 Å². The van der Waals surface area contributed by atoms with Crippen molar-refractivity contribution in [1.82, 2.24) is 0 Å². The van der Waals surface area contributed by atoms with Crippen molar-refractivity contribution in [3.8, 4) is 11.5 Å². The first-order chi connectivity index (χ1) is 10.4. The molecular formula is C20H24O2. The predicted octanol–water partition coefficient (Wildman–Crippen LogP) is 5.41. The van der Waals surface area contributed by atoms with Crippen LogP contribution in [0.1, 0.15) is 37.5 Å². The van der Waals surface area contributed by atoms with Crippen LogP contribution >= 0.6 is 0 Å². The van der Waals surface area contributed by atoms with Crippen LogP contribution in [0.25, 0.3) is 11.1 Å². The zero-order valence-electron chi connectivity index (χ0n) is 13.6. The Morgan fingerprint density at radius 2 is 1.55 bits per heavy atom. The molecule has 0 fully saturated rings. The van der Waals surface area contributed by atoms with Crippen LogP contribution in [0.5, 0.6) is 11.5 Å². The largest absolute Gasteiger partial charge is 0.508 e. The lowest BCUT2D eigenvalue weighted by Gasteiger charge is -2.04. The number of hydrogen-bond acceptors (Lipinski definition) is 2. The molecule has 0 radical (unpaired) electrons. The summed E-state index contributed by atoms with van der Waals surface area (Å²) in [5, 5.41) is 18.6. The van der Waals surface area contributed by atoms with Crippen molar-refractivity contribution in [2.45, 2.75) is 27.2 Å². The Labute approximate surface area is 133 Å². The molecule has 2 aromatic carbocycles. The molecule has 0 aliphatic carbocycles.